The molecule has 4 rings (SSSR count). The second-order valence-electron chi connectivity index (χ2n) is 9.50. The third kappa shape index (κ3) is 4.10. The predicted octanol–water partition coefficient (Wildman–Crippen LogP) is 2.81. The zero-order chi connectivity index (χ0) is 25.3. The second kappa shape index (κ2) is 9.19. The molecule has 0 unspecified atom stereocenters. The van der Waals surface area contributed by atoms with Crippen molar-refractivity contribution in [2.45, 2.75) is 44.3 Å². The van der Waals surface area contributed by atoms with Gasteiger partial charge in [0.05, 0.1) is 17.5 Å². The quantitative estimate of drug-likeness (QED) is 0.676. The molecule has 9 nitrogen and oxygen atoms in total. The molecule has 1 aromatic carbocycles. The van der Waals surface area contributed by atoms with E-state index in [0.717, 1.165) is 5.56 Å². The number of benzene rings is 1. The minimum atomic E-state index is -0.989. The average Bonchev–Trinajstić information content (AvgIpc) is 3.39. The lowest BCUT2D eigenvalue weighted by atomic mass is 9.80. The highest BCUT2D eigenvalue weighted by Gasteiger charge is 2.59. The summed E-state index contributed by atoms with van der Waals surface area (Å²) in [6.07, 6.45) is 2.49. The van der Waals surface area contributed by atoms with Crippen molar-refractivity contribution >= 4 is 23.4 Å². The van der Waals surface area contributed by atoms with E-state index in [-0.39, 0.29) is 41.8 Å². The molecule has 1 fully saturated rings. The molecule has 1 spiro atoms. The Bertz CT molecular complexity index is 1280. The molecule has 0 aliphatic carbocycles. The SMILES string of the molecule is [C-]#[N+][C@@H]1C[C@@]2(CN1C(=O)[C@H](CC(C)C)N(C)C(=O)c1cncc(C#N)c1)C(=O)Nc1ccccc12. The number of likely N-dealkylation sites (tertiary alicyclic amines) is 1. The van der Waals surface area contributed by atoms with Gasteiger partial charge in [-0.15, -0.1) is 0 Å². The first kappa shape index (κ1) is 23.9. The van der Waals surface area contributed by atoms with Crippen molar-refractivity contribution in [2.24, 2.45) is 5.92 Å². The highest BCUT2D eigenvalue weighted by Crippen LogP contribution is 2.47. The Labute approximate surface area is 204 Å². The predicted molar refractivity (Wildman–Crippen MR) is 128 cm³/mol. The van der Waals surface area contributed by atoms with Gasteiger partial charge in [-0.3, -0.25) is 29.1 Å². The van der Waals surface area contributed by atoms with Crippen molar-refractivity contribution in [3.8, 4) is 6.07 Å². The molecule has 1 aromatic heterocycles. The maximum absolute atomic E-state index is 13.9. The Hall–Kier alpha value is -4.24. The van der Waals surface area contributed by atoms with Gasteiger partial charge in [-0.25, -0.2) is 6.57 Å². The molecule has 3 heterocycles. The van der Waals surface area contributed by atoms with Crippen molar-refractivity contribution in [1.29, 1.82) is 5.26 Å². The number of carbonyl (C=O) groups excluding carboxylic acids is 3. The summed E-state index contributed by atoms with van der Waals surface area (Å²) >= 11 is 0. The minimum Gasteiger partial charge on any atom is -0.330 e. The number of likely N-dealkylation sites (N-methyl/N-ethyl adjacent to an activating group) is 1. The smallest absolute Gasteiger partial charge is 0.302 e. The highest BCUT2D eigenvalue weighted by molar-refractivity contribution is 6.07. The number of fused-ring (bicyclic) bond motifs is 2. The number of aromatic nitrogens is 1. The molecule has 9 heteroatoms. The van der Waals surface area contributed by atoms with E-state index in [2.05, 4.69) is 15.1 Å². The topological polar surface area (TPSA) is 111 Å². The summed E-state index contributed by atoms with van der Waals surface area (Å²) in [6, 6.07) is 9.91. The lowest BCUT2D eigenvalue weighted by molar-refractivity contribution is -0.136. The number of nitriles is 1. The summed E-state index contributed by atoms with van der Waals surface area (Å²) < 4.78 is 0. The van der Waals surface area contributed by atoms with Gasteiger partial charge in [0.2, 0.25) is 5.91 Å². The lowest BCUT2D eigenvalue weighted by Crippen LogP contribution is -2.51. The van der Waals surface area contributed by atoms with E-state index in [0.29, 0.717) is 12.1 Å². The third-order valence-electron chi connectivity index (χ3n) is 6.77. The molecular weight excluding hydrogens is 444 g/mol. The number of hydrogen-bond donors (Lipinski definition) is 1. The monoisotopic (exact) mass is 470 g/mol. The van der Waals surface area contributed by atoms with Gasteiger partial charge in [0, 0.05) is 31.7 Å². The van der Waals surface area contributed by atoms with Crippen molar-refractivity contribution in [2.75, 3.05) is 18.9 Å². The Morgan fingerprint density at radius 2 is 2.11 bits per heavy atom. The summed E-state index contributed by atoms with van der Waals surface area (Å²) in [5, 5.41) is 12.0. The number of nitrogens with one attached hydrogen (secondary N) is 1. The van der Waals surface area contributed by atoms with Crippen molar-refractivity contribution in [1.82, 2.24) is 14.8 Å². The van der Waals surface area contributed by atoms with Crippen LogP contribution in [0.1, 0.15) is 48.2 Å². The third-order valence-corrected chi connectivity index (χ3v) is 6.77. The summed E-state index contributed by atoms with van der Waals surface area (Å²) in [5.41, 5.74) is 0.954. The first-order valence-corrected chi connectivity index (χ1v) is 11.4. The van der Waals surface area contributed by atoms with Gasteiger partial charge in [-0.1, -0.05) is 32.0 Å². The zero-order valence-electron chi connectivity index (χ0n) is 19.9. The normalized spacial score (nSPS) is 21.3. The molecule has 3 amide bonds. The molecule has 2 aromatic rings. The van der Waals surface area contributed by atoms with E-state index >= 15 is 0 Å². The zero-order valence-corrected chi connectivity index (χ0v) is 19.9. The summed E-state index contributed by atoms with van der Waals surface area (Å²) in [6.45, 7) is 11.7. The number of anilines is 1. The molecule has 0 saturated carbocycles. The molecule has 1 saturated heterocycles. The standard InChI is InChI=1S/C26H26N6O3/c1-16(2)9-21(31(4)23(33)18-10-17(12-27)13-29-14-18)24(34)32-15-26(11-22(32)28-3)19-7-5-6-8-20(19)30-25(26)35/h5-8,10,13-14,16,21-22H,9,11,15H2,1-2,4H3,(H,30,35)/t21-,22-,26-/m0/s1. The van der Waals surface area contributed by atoms with Crippen LogP contribution in [0.25, 0.3) is 4.85 Å². The van der Waals surface area contributed by atoms with Crippen molar-refractivity contribution in [3.63, 3.8) is 0 Å². The lowest BCUT2D eigenvalue weighted by Gasteiger charge is -2.32. The number of nitrogens with zero attached hydrogens (tertiary/aromatic N) is 5. The van der Waals surface area contributed by atoms with Gasteiger partial charge in [0.25, 0.3) is 11.8 Å². The van der Waals surface area contributed by atoms with Crippen LogP contribution < -0.4 is 5.32 Å². The number of para-hydroxylation sites is 1. The Morgan fingerprint density at radius 1 is 1.37 bits per heavy atom. The van der Waals surface area contributed by atoms with E-state index in [4.69, 9.17) is 11.8 Å². The van der Waals surface area contributed by atoms with E-state index in [1.165, 1.54) is 28.3 Å². The molecule has 2 aliphatic heterocycles. The summed E-state index contributed by atoms with van der Waals surface area (Å²) in [5.74, 6) is -0.937. The average molecular weight is 471 g/mol. The van der Waals surface area contributed by atoms with E-state index in [9.17, 15) is 14.4 Å². The first-order chi connectivity index (χ1) is 16.7. The molecule has 178 valence electrons. The van der Waals surface area contributed by atoms with Gasteiger partial charge in [-0.05, 0) is 30.0 Å². The van der Waals surface area contributed by atoms with Crippen LogP contribution in [0.2, 0.25) is 0 Å². The molecule has 0 bridgehead atoms. The van der Waals surface area contributed by atoms with Gasteiger partial charge >= 0.3 is 6.17 Å². The number of rotatable bonds is 5. The maximum Gasteiger partial charge on any atom is 0.302 e. The molecule has 3 atom stereocenters. The van der Waals surface area contributed by atoms with Gasteiger partial charge < -0.3 is 10.2 Å². The van der Waals surface area contributed by atoms with Crippen molar-refractivity contribution in [3.05, 3.63) is 70.8 Å². The first-order valence-electron chi connectivity index (χ1n) is 11.4. The van der Waals surface area contributed by atoms with E-state index < -0.39 is 23.5 Å². The number of hydrogen-bond acceptors (Lipinski definition) is 5. The Balaban J connectivity index is 1.66. The van der Waals surface area contributed by atoms with Gasteiger partial charge in [-0.2, -0.15) is 5.26 Å². The fourth-order valence-electron chi connectivity index (χ4n) is 4.98. The Morgan fingerprint density at radius 3 is 2.80 bits per heavy atom. The molecule has 2 aliphatic rings. The maximum atomic E-state index is 13.9. The van der Waals surface area contributed by atoms with Crippen LogP contribution in [0.3, 0.4) is 0 Å². The fourth-order valence-corrected chi connectivity index (χ4v) is 4.98. The van der Waals surface area contributed by atoms with Gasteiger partial charge in [0.1, 0.15) is 17.5 Å². The van der Waals surface area contributed by atoms with Gasteiger partial charge in [0.15, 0.2) is 0 Å². The summed E-state index contributed by atoms with van der Waals surface area (Å²) in [4.78, 5) is 50.7. The number of amides is 3. The molecule has 35 heavy (non-hydrogen) atoms. The highest BCUT2D eigenvalue weighted by atomic mass is 16.2. The fraction of sp³-hybridized carbons (Fsp3) is 0.385. The van der Waals surface area contributed by atoms with E-state index in [1.807, 2.05) is 44.2 Å². The number of carbonyl (C=O) groups is 3. The van der Waals surface area contributed by atoms with Crippen LogP contribution in [-0.2, 0) is 15.0 Å². The Kier molecular flexibility index (Phi) is 6.27. The van der Waals surface area contributed by atoms with Crippen LogP contribution in [-0.4, -0.2) is 58.3 Å². The molecular formula is C26H26N6O3. The second-order valence-corrected chi connectivity index (χ2v) is 9.50. The molecule has 0 radical (unpaired) electrons. The summed E-state index contributed by atoms with van der Waals surface area (Å²) in [7, 11) is 1.54. The van der Waals surface area contributed by atoms with Crippen LogP contribution >= 0.6 is 0 Å². The van der Waals surface area contributed by atoms with Crippen LogP contribution in [0.4, 0.5) is 5.69 Å². The molecule has 1 N–H and O–H groups in total. The van der Waals surface area contributed by atoms with Crippen LogP contribution in [0, 0.1) is 23.8 Å². The van der Waals surface area contributed by atoms with Crippen molar-refractivity contribution < 1.29 is 14.4 Å². The largest absolute Gasteiger partial charge is 0.330 e. The minimum absolute atomic E-state index is 0.0732. The van der Waals surface area contributed by atoms with Crippen LogP contribution in [0.5, 0.6) is 0 Å². The van der Waals surface area contributed by atoms with Crippen LogP contribution in [0.15, 0.2) is 42.7 Å². The number of pyridine rings is 1. The van der Waals surface area contributed by atoms with E-state index in [1.54, 1.807) is 7.05 Å².